The molecule has 1 aliphatic heterocycles. The lowest BCUT2D eigenvalue weighted by molar-refractivity contribution is -0.156. The SMILES string of the molecule is O=C1CC(C(=O)O)N(C23CC4CC(CC(C4)C2)C3)N1. The molecule has 5 nitrogen and oxygen atoms in total. The molecule has 2 N–H and O–H groups in total. The fourth-order valence-electron chi connectivity index (χ4n) is 5.53. The third-order valence-corrected chi connectivity index (χ3v) is 5.74. The Hall–Kier alpha value is -1.10. The van der Waals surface area contributed by atoms with Crippen molar-refractivity contribution < 1.29 is 14.7 Å². The van der Waals surface area contributed by atoms with E-state index in [0.29, 0.717) is 0 Å². The van der Waals surface area contributed by atoms with E-state index in [1.165, 1.54) is 19.3 Å². The van der Waals surface area contributed by atoms with Gasteiger partial charge in [0.1, 0.15) is 6.04 Å². The van der Waals surface area contributed by atoms with Crippen LogP contribution in [0.2, 0.25) is 0 Å². The number of aliphatic carboxylic acids is 1. The molecule has 0 radical (unpaired) electrons. The van der Waals surface area contributed by atoms with Crippen LogP contribution in [0.15, 0.2) is 0 Å². The van der Waals surface area contributed by atoms with E-state index < -0.39 is 12.0 Å². The van der Waals surface area contributed by atoms with E-state index in [-0.39, 0.29) is 17.9 Å². The predicted octanol–water partition coefficient (Wildman–Crippen LogP) is 1.15. The first-order chi connectivity index (χ1) is 9.06. The van der Waals surface area contributed by atoms with Gasteiger partial charge in [0.15, 0.2) is 0 Å². The fourth-order valence-corrected chi connectivity index (χ4v) is 5.53. The molecule has 0 spiro atoms. The van der Waals surface area contributed by atoms with Crippen LogP contribution >= 0.6 is 0 Å². The first-order valence-electron chi connectivity index (χ1n) is 7.37. The highest BCUT2D eigenvalue weighted by Crippen LogP contribution is 2.58. The number of hydrazine groups is 1. The molecule has 1 saturated heterocycles. The van der Waals surface area contributed by atoms with Crippen molar-refractivity contribution >= 4 is 11.9 Å². The first-order valence-corrected chi connectivity index (χ1v) is 7.37. The quantitative estimate of drug-likeness (QED) is 0.785. The Bertz CT molecular complexity index is 413. The highest BCUT2D eigenvalue weighted by molar-refractivity contribution is 5.87. The Morgan fingerprint density at radius 2 is 1.68 bits per heavy atom. The molecule has 4 aliphatic carbocycles. The number of hydrogen-bond donors (Lipinski definition) is 2. The summed E-state index contributed by atoms with van der Waals surface area (Å²) in [4.78, 5) is 23.1. The van der Waals surface area contributed by atoms with Crippen molar-refractivity contribution in [2.24, 2.45) is 17.8 Å². The summed E-state index contributed by atoms with van der Waals surface area (Å²) < 4.78 is 0. The van der Waals surface area contributed by atoms with Crippen molar-refractivity contribution in [3.8, 4) is 0 Å². The summed E-state index contributed by atoms with van der Waals surface area (Å²) in [5, 5.41) is 11.2. The van der Waals surface area contributed by atoms with Crippen LogP contribution in [0.5, 0.6) is 0 Å². The van der Waals surface area contributed by atoms with Crippen LogP contribution in [0.4, 0.5) is 0 Å². The summed E-state index contributed by atoms with van der Waals surface area (Å²) in [5.41, 5.74) is 2.79. The molecular weight excluding hydrogens is 244 g/mol. The largest absolute Gasteiger partial charge is 0.480 e. The predicted molar refractivity (Wildman–Crippen MR) is 66.9 cm³/mol. The number of amides is 1. The average Bonchev–Trinajstić information content (AvgIpc) is 2.70. The van der Waals surface area contributed by atoms with Gasteiger partial charge in [-0.25, -0.2) is 5.01 Å². The van der Waals surface area contributed by atoms with Crippen LogP contribution in [0.3, 0.4) is 0 Å². The molecule has 5 aliphatic rings. The zero-order chi connectivity index (χ0) is 13.2. The molecule has 0 aromatic rings. The fraction of sp³-hybridized carbons (Fsp3) is 0.857. The van der Waals surface area contributed by atoms with E-state index in [1.807, 2.05) is 5.01 Å². The number of carbonyl (C=O) groups excluding carboxylic acids is 1. The lowest BCUT2D eigenvalue weighted by Crippen LogP contribution is -2.65. The Morgan fingerprint density at radius 1 is 1.16 bits per heavy atom. The number of carbonyl (C=O) groups is 2. The van der Waals surface area contributed by atoms with Gasteiger partial charge in [-0.2, -0.15) is 0 Å². The second-order valence-corrected chi connectivity index (χ2v) is 7.11. The standard InChI is InChI=1S/C14H20N2O3/c17-12-4-11(13(18)19)16(15-12)14-5-8-1-9(6-14)3-10(2-8)7-14/h8-11H,1-7H2,(H,15,17)(H,18,19). The van der Waals surface area contributed by atoms with Gasteiger partial charge >= 0.3 is 5.97 Å². The third kappa shape index (κ3) is 1.64. The van der Waals surface area contributed by atoms with E-state index in [9.17, 15) is 14.7 Å². The van der Waals surface area contributed by atoms with Crippen LogP contribution in [0.1, 0.15) is 44.9 Å². The molecule has 5 fully saturated rings. The molecule has 0 aromatic carbocycles. The highest BCUT2D eigenvalue weighted by atomic mass is 16.4. The Kier molecular flexibility index (Phi) is 2.29. The normalized spacial score (nSPS) is 48.5. The summed E-state index contributed by atoms with van der Waals surface area (Å²) >= 11 is 0. The number of carboxylic acid groups (broad SMARTS) is 1. The Morgan fingerprint density at radius 3 is 2.16 bits per heavy atom. The number of nitrogens with zero attached hydrogens (tertiary/aromatic N) is 1. The van der Waals surface area contributed by atoms with Crippen LogP contribution in [0, 0.1) is 17.8 Å². The Labute approximate surface area is 112 Å². The molecule has 1 unspecified atom stereocenters. The molecule has 104 valence electrons. The highest BCUT2D eigenvalue weighted by Gasteiger charge is 2.57. The molecule has 1 atom stereocenters. The molecule has 4 bridgehead atoms. The monoisotopic (exact) mass is 264 g/mol. The van der Waals surface area contributed by atoms with Crippen LogP contribution in [0.25, 0.3) is 0 Å². The van der Waals surface area contributed by atoms with Gasteiger partial charge in [-0.05, 0) is 56.3 Å². The van der Waals surface area contributed by atoms with Crippen molar-refractivity contribution in [3.05, 3.63) is 0 Å². The minimum absolute atomic E-state index is 0.0655. The minimum Gasteiger partial charge on any atom is -0.480 e. The maximum Gasteiger partial charge on any atom is 0.323 e. The number of hydrogen-bond acceptors (Lipinski definition) is 3. The number of carboxylic acids is 1. The van der Waals surface area contributed by atoms with Crippen molar-refractivity contribution in [1.82, 2.24) is 10.4 Å². The van der Waals surface area contributed by atoms with Gasteiger partial charge in [0, 0.05) is 5.54 Å². The van der Waals surface area contributed by atoms with E-state index >= 15 is 0 Å². The first kappa shape index (κ1) is 11.7. The topological polar surface area (TPSA) is 69.6 Å². The summed E-state index contributed by atoms with van der Waals surface area (Å²) in [7, 11) is 0. The summed E-state index contributed by atoms with van der Waals surface area (Å²) in [6.45, 7) is 0. The van der Waals surface area contributed by atoms with Gasteiger partial charge in [0.25, 0.3) is 0 Å². The molecular formula is C14H20N2O3. The van der Waals surface area contributed by atoms with Crippen LogP contribution in [-0.2, 0) is 9.59 Å². The summed E-state index contributed by atoms with van der Waals surface area (Å²) in [6, 6.07) is -0.663. The molecule has 1 heterocycles. The van der Waals surface area contributed by atoms with Gasteiger partial charge in [-0.1, -0.05) is 0 Å². The summed E-state index contributed by atoms with van der Waals surface area (Å²) in [6.07, 6.45) is 7.28. The van der Waals surface area contributed by atoms with E-state index in [4.69, 9.17) is 0 Å². The average molecular weight is 264 g/mol. The molecule has 19 heavy (non-hydrogen) atoms. The smallest absolute Gasteiger partial charge is 0.323 e. The zero-order valence-electron chi connectivity index (χ0n) is 11.0. The second kappa shape index (κ2) is 3.72. The molecule has 1 amide bonds. The van der Waals surface area contributed by atoms with Gasteiger partial charge in [-0.3, -0.25) is 15.0 Å². The van der Waals surface area contributed by atoms with Crippen molar-refractivity contribution in [2.75, 3.05) is 0 Å². The minimum atomic E-state index is -0.867. The van der Waals surface area contributed by atoms with E-state index in [1.54, 1.807) is 0 Å². The maximum absolute atomic E-state index is 11.6. The number of rotatable bonds is 2. The number of nitrogens with one attached hydrogen (secondary N) is 1. The van der Waals surface area contributed by atoms with E-state index in [0.717, 1.165) is 37.0 Å². The lowest BCUT2D eigenvalue weighted by Gasteiger charge is -2.60. The van der Waals surface area contributed by atoms with E-state index in [2.05, 4.69) is 5.43 Å². The van der Waals surface area contributed by atoms with Gasteiger partial charge in [0.05, 0.1) is 6.42 Å². The lowest BCUT2D eigenvalue weighted by atomic mass is 9.52. The molecule has 5 rings (SSSR count). The third-order valence-electron chi connectivity index (χ3n) is 5.74. The van der Waals surface area contributed by atoms with Gasteiger partial charge in [0.2, 0.25) is 5.91 Å². The van der Waals surface area contributed by atoms with Crippen LogP contribution < -0.4 is 5.43 Å². The molecule has 5 heteroatoms. The van der Waals surface area contributed by atoms with Crippen molar-refractivity contribution in [1.29, 1.82) is 0 Å². The second-order valence-electron chi connectivity index (χ2n) is 7.11. The maximum atomic E-state index is 11.6. The van der Waals surface area contributed by atoms with Crippen LogP contribution in [-0.4, -0.2) is 33.6 Å². The van der Waals surface area contributed by atoms with Gasteiger partial charge < -0.3 is 5.11 Å². The van der Waals surface area contributed by atoms with Crippen molar-refractivity contribution in [2.45, 2.75) is 56.5 Å². The Balaban J connectivity index is 1.67. The molecule has 0 aromatic heterocycles. The van der Waals surface area contributed by atoms with Gasteiger partial charge in [-0.15, -0.1) is 0 Å². The molecule has 4 saturated carbocycles. The van der Waals surface area contributed by atoms with Crippen molar-refractivity contribution in [3.63, 3.8) is 0 Å². The zero-order valence-corrected chi connectivity index (χ0v) is 11.0. The summed E-state index contributed by atoms with van der Waals surface area (Å²) in [5.74, 6) is 1.24.